The van der Waals surface area contributed by atoms with Gasteiger partial charge in [-0.15, -0.1) is 11.8 Å². The van der Waals surface area contributed by atoms with Crippen LogP contribution in [0.4, 0.5) is 5.69 Å². The molecule has 1 aromatic carbocycles. The summed E-state index contributed by atoms with van der Waals surface area (Å²) >= 11 is 1.49. The van der Waals surface area contributed by atoms with Gasteiger partial charge in [0, 0.05) is 22.9 Å². The molecule has 1 rings (SSSR count). The van der Waals surface area contributed by atoms with Gasteiger partial charge in [0.25, 0.3) is 0 Å². The summed E-state index contributed by atoms with van der Waals surface area (Å²) in [5.74, 6) is 0.602. The van der Waals surface area contributed by atoms with Gasteiger partial charge in [0.15, 0.2) is 0 Å². The molecule has 0 aliphatic rings. The Kier molecular flexibility index (Phi) is 5.71. The third kappa shape index (κ3) is 6.09. The molecule has 0 aliphatic carbocycles. The van der Waals surface area contributed by atoms with Crippen LogP contribution in [-0.2, 0) is 10.0 Å². The highest BCUT2D eigenvalue weighted by atomic mass is 32.2. The summed E-state index contributed by atoms with van der Waals surface area (Å²) < 4.78 is 25.7. The fourth-order valence-electron chi connectivity index (χ4n) is 1.14. The molecule has 3 N–H and O–H groups in total. The van der Waals surface area contributed by atoms with Gasteiger partial charge in [0.05, 0.1) is 5.75 Å². The average Bonchev–Trinajstić information content (AvgIpc) is 2.29. The third-order valence-electron chi connectivity index (χ3n) is 2.09. The summed E-state index contributed by atoms with van der Waals surface area (Å²) in [6.07, 6.45) is 0. The van der Waals surface area contributed by atoms with E-state index in [0.717, 1.165) is 10.5 Å². The van der Waals surface area contributed by atoms with Gasteiger partial charge in [-0.3, -0.25) is 0 Å². The second kappa shape index (κ2) is 6.82. The van der Waals surface area contributed by atoms with E-state index in [1.54, 1.807) is 19.1 Å². The third-order valence-corrected chi connectivity index (χ3v) is 4.69. The number of anilines is 1. The van der Waals surface area contributed by atoms with Gasteiger partial charge in [-0.05, 0) is 31.2 Å². The average molecular weight is 286 g/mol. The van der Waals surface area contributed by atoms with Crippen LogP contribution in [0.15, 0.2) is 41.3 Å². The van der Waals surface area contributed by atoms with Gasteiger partial charge in [0.2, 0.25) is 10.0 Å². The van der Waals surface area contributed by atoms with Crippen LogP contribution in [0.2, 0.25) is 0 Å². The molecule has 0 aliphatic heterocycles. The summed E-state index contributed by atoms with van der Waals surface area (Å²) in [7, 11) is -3.21. The first-order valence-electron chi connectivity index (χ1n) is 5.49. The number of rotatable bonds is 7. The smallest absolute Gasteiger partial charge is 0.212 e. The minimum atomic E-state index is -3.21. The number of hydrogen-bond acceptors (Lipinski definition) is 4. The van der Waals surface area contributed by atoms with Gasteiger partial charge < -0.3 is 5.73 Å². The highest BCUT2D eigenvalue weighted by molar-refractivity contribution is 8.00. The van der Waals surface area contributed by atoms with E-state index >= 15 is 0 Å². The minimum absolute atomic E-state index is 0.0926. The maximum atomic E-state index is 11.6. The Hall–Kier alpha value is -0.980. The Bertz CT molecular complexity index is 495. The van der Waals surface area contributed by atoms with Crippen LogP contribution in [0.25, 0.3) is 0 Å². The number of sulfonamides is 1. The number of benzene rings is 1. The Balaban J connectivity index is 2.37. The normalized spacial score (nSPS) is 11.4. The maximum absolute atomic E-state index is 11.6. The summed E-state index contributed by atoms with van der Waals surface area (Å²) in [5.41, 5.74) is 7.07. The summed E-state index contributed by atoms with van der Waals surface area (Å²) in [6.45, 7) is 5.73. The van der Waals surface area contributed by atoms with Crippen molar-refractivity contribution in [2.75, 3.05) is 23.8 Å². The standard InChI is InChI=1S/C12H18N2O2S2/c1-10(2)9-14-18(15,16)8-7-17-12-5-3-11(13)4-6-12/h3-6,14H,1,7-9,13H2,2H3. The van der Waals surface area contributed by atoms with Crippen LogP contribution >= 0.6 is 11.8 Å². The van der Waals surface area contributed by atoms with E-state index in [1.165, 1.54) is 11.8 Å². The van der Waals surface area contributed by atoms with Crippen LogP contribution in [0.1, 0.15) is 6.92 Å². The monoisotopic (exact) mass is 286 g/mol. The molecule has 0 spiro atoms. The van der Waals surface area contributed by atoms with Crippen molar-refractivity contribution in [2.45, 2.75) is 11.8 Å². The lowest BCUT2D eigenvalue weighted by Gasteiger charge is -2.06. The van der Waals surface area contributed by atoms with Crippen LogP contribution < -0.4 is 10.5 Å². The predicted octanol–water partition coefficient (Wildman–Crippen LogP) is 1.86. The Morgan fingerprint density at radius 3 is 2.56 bits per heavy atom. The Morgan fingerprint density at radius 1 is 1.39 bits per heavy atom. The van der Waals surface area contributed by atoms with Crippen molar-refractivity contribution in [1.82, 2.24) is 4.72 Å². The molecule has 0 bridgehead atoms. The molecule has 0 aromatic heterocycles. The number of hydrogen-bond donors (Lipinski definition) is 2. The number of thioether (sulfide) groups is 1. The SMILES string of the molecule is C=C(C)CNS(=O)(=O)CCSc1ccc(N)cc1. The zero-order valence-electron chi connectivity index (χ0n) is 10.3. The molecule has 0 saturated heterocycles. The van der Waals surface area contributed by atoms with Gasteiger partial charge in [-0.2, -0.15) is 0 Å². The van der Waals surface area contributed by atoms with E-state index in [4.69, 9.17) is 5.73 Å². The molecule has 0 unspecified atom stereocenters. The molecule has 0 amide bonds. The molecule has 100 valence electrons. The fourth-order valence-corrected chi connectivity index (χ4v) is 3.52. The molecule has 0 fully saturated rings. The van der Waals surface area contributed by atoms with Crippen molar-refractivity contribution in [2.24, 2.45) is 0 Å². The largest absolute Gasteiger partial charge is 0.399 e. The second-order valence-corrected chi connectivity index (χ2v) is 7.11. The van der Waals surface area contributed by atoms with Gasteiger partial charge >= 0.3 is 0 Å². The van der Waals surface area contributed by atoms with Gasteiger partial charge in [0.1, 0.15) is 0 Å². The number of nitrogens with two attached hydrogens (primary N) is 1. The zero-order chi connectivity index (χ0) is 13.6. The van der Waals surface area contributed by atoms with Crippen molar-refractivity contribution in [1.29, 1.82) is 0 Å². The summed E-state index contributed by atoms with van der Waals surface area (Å²) in [4.78, 5) is 1.01. The lowest BCUT2D eigenvalue weighted by atomic mass is 10.3. The van der Waals surface area contributed by atoms with Gasteiger partial charge in [-0.25, -0.2) is 13.1 Å². The molecule has 0 saturated carbocycles. The van der Waals surface area contributed by atoms with Crippen molar-refractivity contribution in [3.63, 3.8) is 0 Å². The van der Waals surface area contributed by atoms with Crippen molar-refractivity contribution in [3.05, 3.63) is 36.4 Å². The van der Waals surface area contributed by atoms with Crippen LogP contribution in [0, 0.1) is 0 Å². The second-order valence-electron chi connectivity index (χ2n) is 4.01. The number of nitrogen functional groups attached to an aromatic ring is 1. The summed E-state index contributed by atoms with van der Waals surface area (Å²) in [6, 6.07) is 7.37. The van der Waals surface area contributed by atoms with Gasteiger partial charge in [-0.1, -0.05) is 12.2 Å². The van der Waals surface area contributed by atoms with Crippen molar-refractivity contribution in [3.8, 4) is 0 Å². The van der Waals surface area contributed by atoms with E-state index in [0.29, 0.717) is 18.0 Å². The molecule has 1 aromatic rings. The molecule has 18 heavy (non-hydrogen) atoms. The van der Waals surface area contributed by atoms with E-state index in [1.807, 2.05) is 12.1 Å². The molecule has 6 heteroatoms. The van der Waals surface area contributed by atoms with Crippen molar-refractivity contribution < 1.29 is 8.42 Å². The predicted molar refractivity (Wildman–Crippen MR) is 78.2 cm³/mol. The lowest BCUT2D eigenvalue weighted by Crippen LogP contribution is -2.28. The van der Waals surface area contributed by atoms with E-state index in [-0.39, 0.29) is 5.75 Å². The number of nitrogens with one attached hydrogen (secondary N) is 1. The Labute approximate surface area is 113 Å². The molecule has 0 radical (unpaired) electrons. The highest BCUT2D eigenvalue weighted by Crippen LogP contribution is 2.19. The molecule has 0 heterocycles. The van der Waals surface area contributed by atoms with E-state index in [2.05, 4.69) is 11.3 Å². The lowest BCUT2D eigenvalue weighted by molar-refractivity contribution is 0.586. The van der Waals surface area contributed by atoms with E-state index in [9.17, 15) is 8.42 Å². The minimum Gasteiger partial charge on any atom is -0.399 e. The van der Waals surface area contributed by atoms with E-state index < -0.39 is 10.0 Å². The molecular weight excluding hydrogens is 268 g/mol. The maximum Gasteiger partial charge on any atom is 0.212 e. The van der Waals surface area contributed by atoms with Crippen LogP contribution in [-0.4, -0.2) is 26.5 Å². The first kappa shape index (κ1) is 15.1. The molecular formula is C12H18N2O2S2. The fraction of sp³-hybridized carbons (Fsp3) is 0.333. The zero-order valence-corrected chi connectivity index (χ0v) is 12.0. The van der Waals surface area contributed by atoms with Crippen LogP contribution in [0.5, 0.6) is 0 Å². The molecule has 0 atom stereocenters. The first-order valence-corrected chi connectivity index (χ1v) is 8.13. The quantitative estimate of drug-likeness (QED) is 0.456. The highest BCUT2D eigenvalue weighted by Gasteiger charge is 2.09. The van der Waals surface area contributed by atoms with Crippen molar-refractivity contribution >= 4 is 27.5 Å². The first-order chi connectivity index (χ1) is 8.39. The topological polar surface area (TPSA) is 72.2 Å². The summed E-state index contributed by atoms with van der Waals surface area (Å²) in [5, 5.41) is 0. The Morgan fingerprint density at radius 2 is 2.00 bits per heavy atom. The van der Waals surface area contributed by atoms with Crippen LogP contribution in [0.3, 0.4) is 0 Å². The molecule has 4 nitrogen and oxygen atoms in total.